The minimum atomic E-state index is -1.34. The Kier molecular flexibility index (Phi) is 10.1. The second kappa shape index (κ2) is 14.3. The van der Waals surface area contributed by atoms with Crippen molar-refractivity contribution in [2.24, 2.45) is 0 Å². The van der Waals surface area contributed by atoms with Crippen LogP contribution in [0.25, 0.3) is 0 Å². The van der Waals surface area contributed by atoms with Crippen molar-refractivity contribution < 1.29 is 28.7 Å². The normalized spacial score (nSPS) is 22.1. The van der Waals surface area contributed by atoms with Crippen molar-refractivity contribution in [3.63, 3.8) is 0 Å². The summed E-state index contributed by atoms with van der Waals surface area (Å²) in [5, 5.41) is 23.7. The number of fused-ring (bicyclic) bond motifs is 3. The molecule has 3 aromatic carbocycles. The number of hydrogen-bond donors (Lipinski definition) is 6. The average molecular weight is 711 g/mol. The maximum Gasteiger partial charge on any atom is 0.404 e. The zero-order valence-electron chi connectivity index (χ0n) is 26.7. The van der Waals surface area contributed by atoms with Crippen LogP contribution in [-0.4, -0.2) is 53.6 Å². The first-order valence-electron chi connectivity index (χ1n) is 16.6. The van der Waals surface area contributed by atoms with E-state index in [1.807, 2.05) is 6.07 Å². The number of unbranched alkanes of at least 4 members (excludes halogenated alkanes) is 2. The van der Waals surface area contributed by atoms with Crippen LogP contribution < -0.4 is 26.6 Å². The standard InChI is InChI=1S/C36H38Cl2FN5O5/c37-22-12-15-25-27(20-22)43-33(47)36(25)28(24-8-7-9-26(38)29(24)39)30(44-35(36)16-3-1-4-17-35)32(46)42-23-13-10-21(11-14-23)31(45)40-18-5-2-6-19-41-34(48)49/h7-15,20,28,30,41,44H,1-6,16-19H2,(H,40,45)(H,42,46)(H,43,47)(H,48,49)/t28-,30+,36+/m0/s1. The first kappa shape index (κ1) is 34.7. The largest absolute Gasteiger partial charge is 0.465 e. The van der Waals surface area contributed by atoms with Crippen molar-refractivity contribution in [3.8, 4) is 0 Å². The van der Waals surface area contributed by atoms with Crippen LogP contribution >= 0.6 is 23.2 Å². The van der Waals surface area contributed by atoms with Crippen molar-refractivity contribution in [3.05, 3.63) is 93.2 Å². The maximum absolute atomic E-state index is 16.1. The van der Waals surface area contributed by atoms with Crippen LogP contribution in [0.2, 0.25) is 10.0 Å². The number of nitrogens with one attached hydrogen (secondary N) is 5. The summed E-state index contributed by atoms with van der Waals surface area (Å²) in [6.45, 7) is 0.796. The topological polar surface area (TPSA) is 149 Å². The molecule has 6 rings (SSSR count). The van der Waals surface area contributed by atoms with E-state index in [-0.39, 0.29) is 22.4 Å². The fraction of sp³-hybridized carbons (Fsp3) is 0.389. The van der Waals surface area contributed by atoms with E-state index in [0.717, 1.165) is 25.7 Å². The van der Waals surface area contributed by atoms with Gasteiger partial charge in [-0.05, 0) is 85.7 Å². The lowest BCUT2D eigenvalue weighted by Gasteiger charge is -2.47. The number of benzene rings is 3. The predicted octanol–water partition coefficient (Wildman–Crippen LogP) is 6.59. The third kappa shape index (κ3) is 6.47. The molecular weight excluding hydrogens is 672 g/mol. The predicted molar refractivity (Wildman–Crippen MR) is 186 cm³/mol. The van der Waals surface area contributed by atoms with Crippen molar-refractivity contribution in [1.29, 1.82) is 0 Å². The minimum absolute atomic E-state index is 0.102. The van der Waals surface area contributed by atoms with Crippen LogP contribution in [0.5, 0.6) is 0 Å². The summed E-state index contributed by atoms with van der Waals surface area (Å²) in [6, 6.07) is 15.3. The van der Waals surface area contributed by atoms with E-state index in [9.17, 15) is 19.2 Å². The number of carbonyl (C=O) groups is 4. The van der Waals surface area contributed by atoms with Gasteiger partial charge < -0.3 is 26.4 Å². The second-order valence-corrected chi connectivity index (χ2v) is 13.8. The van der Waals surface area contributed by atoms with Crippen LogP contribution in [0.3, 0.4) is 0 Å². The van der Waals surface area contributed by atoms with Crippen molar-refractivity contribution in [2.75, 3.05) is 23.7 Å². The van der Waals surface area contributed by atoms with Crippen LogP contribution in [0.15, 0.2) is 60.7 Å². The molecular formula is C36H38Cl2FN5O5. The van der Waals surface area contributed by atoms with Gasteiger partial charge in [-0.3, -0.25) is 19.7 Å². The monoisotopic (exact) mass is 709 g/mol. The zero-order chi connectivity index (χ0) is 34.8. The Labute approximate surface area is 293 Å². The molecule has 1 aliphatic carbocycles. The lowest BCUT2D eigenvalue weighted by Crippen LogP contribution is -2.60. The van der Waals surface area contributed by atoms with Gasteiger partial charge in [-0.2, -0.15) is 0 Å². The number of halogens is 3. The number of carbonyl (C=O) groups excluding carboxylic acids is 3. The molecule has 49 heavy (non-hydrogen) atoms. The number of hydrogen-bond acceptors (Lipinski definition) is 5. The summed E-state index contributed by atoms with van der Waals surface area (Å²) in [6.07, 6.45) is 4.91. The highest BCUT2D eigenvalue weighted by Crippen LogP contribution is 2.62. The Morgan fingerprint density at radius 3 is 2.35 bits per heavy atom. The van der Waals surface area contributed by atoms with Crippen molar-refractivity contribution in [2.45, 2.75) is 74.3 Å². The van der Waals surface area contributed by atoms with E-state index in [2.05, 4.69) is 26.6 Å². The summed E-state index contributed by atoms with van der Waals surface area (Å²) < 4.78 is 16.1. The summed E-state index contributed by atoms with van der Waals surface area (Å²) in [5.74, 6) is -2.68. The molecule has 2 aliphatic heterocycles. The van der Waals surface area contributed by atoms with E-state index in [1.165, 1.54) is 6.07 Å². The molecule has 258 valence electrons. The molecule has 4 amide bonds. The molecule has 3 aliphatic rings. The molecule has 13 heteroatoms. The summed E-state index contributed by atoms with van der Waals surface area (Å²) in [4.78, 5) is 52.0. The molecule has 3 aromatic rings. The Balaban J connectivity index is 1.27. The molecule has 2 heterocycles. The maximum atomic E-state index is 16.1. The number of anilines is 2. The highest BCUT2D eigenvalue weighted by molar-refractivity contribution is 6.31. The van der Waals surface area contributed by atoms with E-state index in [0.29, 0.717) is 66.3 Å². The summed E-state index contributed by atoms with van der Waals surface area (Å²) >= 11 is 12.7. The van der Waals surface area contributed by atoms with E-state index in [1.54, 1.807) is 48.5 Å². The quantitative estimate of drug-likeness (QED) is 0.131. The highest BCUT2D eigenvalue weighted by atomic mass is 35.5. The van der Waals surface area contributed by atoms with Gasteiger partial charge in [0, 0.05) is 46.5 Å². The third-order valence-corrected chi connectivity index (χ3v) is 10.7. The van der Waals surface area contributed by atoms with Gasteiger partial charge in [0.1, 0.15) is 11.2 Å². The van der Waals surface area contributed by atoms with E-state index in [4.69, 9.17) is 28.3 Å². The molecule has 1 saturated carbocycles. The summed E-state index contributed by atoms with van der Waals surface area (Å²) in [5.41, 5.74) is 0.0265. The molecule has 10 nitrogen and oxygen atoms in total. The van der Waals surface area contributed by atoms with Crippen LogP contribution in [0.1, 0.15) is 78.8 Å². The van der Waals surface area contributed by atoms with Gasteiger partial charge in [-0.1, -0.05) is 60.7 Å². The highest BCUT2D eigenvalue weighted by Gasteiger charge is 2.72. The Morgan fingerprint density at radius 1 is 0.918 bits per heavy atom. The van der Waals surface area contributed by atoms with Gasteiger partial charge in [-0.25, -0.2) is 9.18 Å². The Hall–Kier alpha value is -4.19. The first-order valence-corrected chi connectivity index (χ1v) is 17.3. The van der Waals surface area contributed by atoms with E-state index < -0.39 is 40.7 Å². The SMILES string of the molecule is O=C(O)NCCCCCNC(=O)c1ccc(NC(=O)[C@@H]2NC3(CCCCC3)[C@@]3(C(=O)Nc4cc(Cl)ccc43)[C@H]2c2cccc(Cl)c2F)cc1. The van der Waals surface area contributed by atoms with Crippen LogP contribution in [0.4, 0.5) is 20.6 Å². The molecule has 0 aromatic heterocycles. The van der Waals surface area contributed by atoms with Gasteiger partial charge >= 0.3 is 6.09 Å². The molecule has 0 bridgehead atoms. The average Bonchev–Trinajstić information content (AvgIpc) is 3.53. The zero-order valence-corrected chi connectivity index (χ0v) is 28.2. The second-order valence-electron chi connectivity index (χ2n) is 13.0. The van der Waals surface area contributed by atoms with Gasteiger partial charge in [0.15, 0.2) is 0 Å². The first-order chi connectivity index (χ1) is 23.6. The number of amides is 4. The smallest absolute Gasteiger partial charge is 0.404 e. The Bertz CT molecular complexity index is 1770. The molecule has 6 N–H and O–H groups in total. The molecule has 2 fully saturated rings. The van der Waals surface area contributed by atoms with E-state index >= 15 is 4.39 Å². The molecule has 3 atom stereocenters. The molecule has 2 spiro atoms. The summed E-state index contributed by atoms with van der Waals surface area (Å²) in [7, 11) is 0. The number of rotatable bonds is 10. The van der Waals surface area contributed by atoms with Gasteiger partial charge in [0.25, 0.3) is 5.91 Å². The molecule has 1 saturated heterocycles. The van der Waals surface area contributed by atoms with Gasteiger partial charge in [-0.15, -0.1) is 0 Å². The fourth-order valence-electron chi connectivity index (χ4n) is 8.07. The number of carboxylic acid groups (broad SMARTS) is 1. The van der Waals surface area contributed by atoms with Crippen molar-refractivity contribution >= 4 is 58.4 Å². The molecule has 0 radical (unpaired) electrons. The Morgan fingerprint density at radius 2 is 1.63 bits per heavy atom. The third-order valence-electron chi connectivity index (χ3n) is 10.1. The van der Waals surface area contributed by atoms with Gasteiger partial charge in [0.05, 0.1) is 11.1 Å². The van der Waals surface area contributed by atoms with Crippen LogP contribution in [-0.2, 0) is 15.0 Å². The van der Waals surface area contributed by atoms with Crippen molar-refractivity contribution in [1.82, 2.24) is 16.0 Å². The lowest BCUT2D eigenvalue weighted by atomic mass is 9.55. The fourth-order valence-corrected chi connectivity index (χ4v) is 8.42. The van der Waals surface area contributed by atoms with Crippen LogP contribution in [0, 0.1) is 5.82 Å². The minimum Gasteiger partial charge on any atom is -0.465 e. The lowest BCUT2D eigenvalue weighted by molar-refractivity contribution is -0.124. The molecule has 0 unspecified atom stereocenters. The van der Waals surface area contributed by atoms with Gasteiger partial charge in [0.2, 0.25) is 11.8 Å².